The number of aryl methyl sites for hydroxylation is 2. The van der Waals surface area contributed by atoms with Crippen LogP contribution in [0.1, 0.15) is 74.9 Å². The lowest BCUT2D eigenvalue weighted by Crippen LogP contribution is -2.29. The topological polar surface area (TPSA) is 55.2 Å². The van der Waals surface area contributed by atoms with Crippen LogP contribution in [-0.2, 0) is 16.6 Å². The number of hydrogen-bond acceptors (Lipinski definition) is 6. The highest BCUT2D eigenvalue weighted by molar-refractivity contribution is 7.99. The van der Waals surface area contributed by atoms with Crippen molar-refractivity contribution in [3.8, 4) is 0 Å². The first kappa shape index (κ1) is 25.3. The van der Waals surface area contributed by atoms with Gasteiger partial charge in [0.2, 0.25) is 0 Å². The first-order valence-electron chi connectivity index (χ1n) is 13.0. The van der Waals surface area contributed by atoms with Crippen molar-refractivity contribution in [1.82, 2.24) is 9.55 Å². The third kappa shape index (κ3) is 4.24. The van der Waals surface area contributed by atoms with Crippen LogP contribution in [-0.4, -0.2) is 28.1 Å². The van der Waals surface area contributed by atoms with E-state index < -0.39 is 0 Å². The van der Waals surface area contributed by atoms with E-state index in [9.17, 15) is 9.59 Å². The molecule has 1 aliphatic heterocycles. The van der Waals surface area contributed by atoms with Gasteiger partial charge in [0, 0.05) is 40.8 Å². The van der Waals surface area contributed by atoms with Crippen molar-refractivity contribution in [2.45, 2.75) is 82.8 Å². The van der Waals surface area contributed by atoms with Crippen LogP contribution < -0.4 is 10.5 Å². The summed E-state index contributed by atoms with van der Waals surface area (Å²) in [6.07, 6.45) is 8.18. The summed E-state index contributed by atoms with van der Waals surface area (Å²) >= 11 is 3.03. The Morgan fingerprint density at radius 3 is 2.64 bits per heavy atom. The average Bonchev–Trinajstić information content (AvgIpc) is 3.30. The van der Waals surface area contributed by atoms with Crippen LogP contribution in [0.25, 0.3) is 10.2 Å². The molecule has 0 radical (unpaired) electrons. The minimum absolute atomic E-state index is 0.0453. The van der Waals surface area contributed by atoms with E-state index >= 15 is 0 Å². The fourth-order valence-corrected chi connectivity index (χ4v) is 7.96. The lowest BCUT2D eigenvalue weighted by atomic mass is 9.83. The van der Waals surface area contributed by atoms with E-state index in [4.69, 9.17) is 4.98 Å². The van der Waals surface area contributed by atoms with Crippen molar-refractivity contribution < 1.29 is 4.79 Å². The van der Waals surface area contributed by atoms with Crippen LogP contribution in [0.4, 0.5) is 5.69 Å². The van der Waals surface area contributed by atoms with Crippen molar-refractivity contribution in [3.05, 3.63) is 62.4 Å². The maximum atomic E-state index is 13.8. The molecular formula is C29H35N3O2S2. The highest BCUT2D eigenvalue weighted by atomic mass is 32.2. The molecule has 0 saturated heterocycles. The predicted molar refractivity (Wildman–Crippen MR) is 152 cm³/mol. The zero-order valence-electron chi connectivity index (χ0n) is 21.9. The fraction of sp³-hybridized carbons (Fsp3) is 0.483. The molecule has 3 aromatic rings. The second-order valence-corrected chi connectivity index (χ2v) is 12.6. The van der Waals surface area contributed by atoms with Crippen LogP contribution in [0.2, 0.25) is 0 Å². The number of thiophene rings is 1. The van der Waals surface area contributed by atoms with E-state index in [2.05, 4.69) is 43.9 Å². The highest BCUT2D eigenvalue weighted by Crippen LogP contribution is 2.46. The number of carbonyl (C=O) groups excluding carboxylic acids is 1. The van der Waals surface area contributed by atoms with Gasteiger partial charge in [-0.1, -0.05) is 70.0 Å². The number of aromatic nitrogens is 2. The molecule has 0 spiro atoms. The van der Waals surface area contributed by atoms with Gasteiger partial charge in [0.05, 0.1) is 11.1 Å². The summed E-state index contributed by atoms with van der Waals surface area (Å²) in [5.74, 6) is 0.309. The Hall–Kier alpha value is -2.38. The Bertz CT molecular complexity index is 1410. The maximum Gasteiger partial charge on any atom is 0.263 e. The second-order valence-electron chi connectivity index (χ2n) is 10.5. The van der Waals surface area contributed by atoms with Gasteiger partial charge in [0.25, 0.3) is 5.56 Å². The molecule has 0 N–H and O–H groups in total. The summed E-state index contributed by atoms with van der Waals surface area (Å²) in [5.41, 5.74) is 4.29. The Kier molecular flexibility index (Phi) is 6.90. The van der Waals surface area contributed by atoms with E-state index in [-0.39, 0.29) is 28.6 Å². The highest BCUT2D eigenvalue weighted by Gasteiger charge is 2.38. The van der Waals surface area contributed by atoms with Crippen molar-refractivity contribution in [1.29, 1.82) is 0 Å². The molecule has 5 rings (SSSR count). The number of likely N-dealkylation sites (N-methyl/N-ethyl adjacent to an activating group) is 1. The Morgan fingerprint density at radius 2 is 1.94 bits per heavy atom. The van der Waals surface area contributed by atoms with Crippen LogP contribution in [0, 0.1) is 6.92 Å². The lowest BCUT2D eigenvalue weighted by Gasteiger charge is -2.26. The monoisotopic (exact) mass is 521 g/mol. The summed E-state index contributed by atoms with van der Waals surface area (Å²) in [4.78, 5) is 36.2. The van der Waals surface area contributed by atoms with Gasteiger partial charge >= 0.3 is 0 Å². The average molecular weight is 522 g/mol. The molecule has 1 saturated carbocycles. The van der Waals surface area contributed by atoms with E-state index in [0.29, 0.717) is 5.16 Å². The first-order chi connectivity index (χ1) is 17.2. The molecule has 190 valence electrons. The van der Waals surface area contributed by atoms with Gasteiger partial charge < -0.3 is 4.90 Å². The number of para-hydroxylation sites is 1. The number of thioether (sulfide) groups is 1. The number of anilines is 1. The van der Waals surface area contributed by atoms with E-state index in [1.807, 2.05) is 24.6 Å². The SMILES string of the molecule is CCc1sc2nc(SCC(=O)/C=C3/N(C)c4ccccc4C3(C)C)n(C3CCCCC3)c(=O)c2c1C. The summed E-state index contributed by atoms with van der Waals surface area (Å²) in [6.45, 7) is 8.51. The Morgan fingerprint density at radius 1 is 1.22 bits per heavy atom. The van der Waals surface area contributed by atoms with E-state index in [1.54, 1.807) is 17.4 Å². The van der Waals surface area contributed by atoms with Crippen LogP contribution >= 0.6 is 23.1 Å². The van der Waals surface area contributed by atoms with Gasteiger partial charge in [-0.3, -0.25) is 14.2 Å². The quantitative estimate of drug-likeness (QED) is 0.203. The number of rotatable bonds is 6. The molecule has 0 bridgehead atoms. The van der Waals surface area contributed by atoms with Gasteiger partial charge in [-0.2, -0.15) is 0 Å². The zero-order valence-corrected chi connectivity index (χ0v) is 23.5. The predicted octanol–water partition coefficient (Wildman–Crippen LogP) is 6.81. The number of benzene rings is 1. The zero-order chi connectivity index (χ0) is 25.6. The number of allylic oxidation sites excluding steroid dienone is 2. The number of nitrogens with zero attached hydrogens (tertiary/aromatic N) is 3. The summed E-state index contributed by atoms with van der Waals surface area (Å²) in [7, 11) is 2.03. The molecular weight excluding hydrogens is 486 g/mol. The molecule has 5 nitrogen and oxygen atoms in total. The van der Waals surface area contributed by atoms with E-state index in [0.717, 1.165) is 59.3 Å². The van der Waals surface area contributed by atoms with Crippen LogP contribution in [0.5, 0.6) is 0 Å². The van der Waals surface area contributed by atoms with Crippen molar-refractivity contribution in [2.24, 2.45) is 0 Å². The third-order valence-corrected chi connectivity index (χ3v) is 10.2. The second kappa shape index (κ2) is 9.82. The molecule has 36 heavy (non-hydrogen) atoms. The van der Waals surface area contributed by atoms with Crippen LogP contribution in [0.15, 0.2) is 46.0 Å². The fourth-order valence-electron chi connectivity index (χ4n) is 5.91. The Balaban J connectivity index is 1.47. The minimum Gasteiger partial charge on any atom is -0.347 e. The van der Waals surface area contributed by atoms with Gasteiger partial charge in [-0.05, 0) is 43.4 Å². The molecule has 1 aromatic carbocycles. The number of ketones is 1. The number of carbonyl (C=O) groups is 1. The molecule has 7 heteroatoms. The number of hydrogen-bond donors (Lipinski definition) is 0. The molecule has 0 atom stereocenters. The summed E-state index contributed by atoms with van der Waals surface area (Å²) in [6, 6.07) is 8.50. The van der Waals surface area contributed by atoms with Gasteiger partial charge in [-0.25, -0.2) is 4.98 Å². The standard InChI is InChI=1S/C29H35N3O2S2/c1-6-23-18(2)25-26(36-23)30-28(32(27(25)34)19-12-8-7-9-13-19)35-17-20(33)16-24-29(3,4)21-14-10-11-15-22(21)31(24)5/h10-11,14-16,19H,6-9,12-13,17H2,1-5H3/b24-16+. The third-order valence-electron chi connectivity index (χ3n) is 7.91. The lowest BCUT2D eigenvalue weighted by molar-refractivity contribution is -0.112. The molecule has 2 aliphatic rings. The molecule has 0 unspecified atom stereocenters. The minimum atomic E-state index is -0.238. The molecule has 1 aliphatic carbocycles. The number of fused-ring (bicyclic) bond motifs is 2. The molecule has 0 amide bonds. The molecule has 3 heterocycles. The van der Waals surface area contributed by atoms with Crippen molar-refractivity contribution in [3.63, 3.8) is 0 Å². The Labute approximate surface area is 221 Å². The molecule has 2 aromatic heterocycles. The van der Waals surface area contributed by atoms with E-state index in [1.165, 1.54) is 28.6 Å². The van der Waals surface area contributed by atoms with Crippen molar-refractivity contribution in [2.75, 3.05) is 17.7 Å². The van der Waals surface area contributed by atoms with Gasteiger partial charge in [0.15, 0.2) is 10.9 Å². The van der Waals surface area contributed by atoms with Gasteiger partial charge in [0.1, 0.15) is 4.83 Å². The normalized spacial score (nSPS) is 18.8. The first-order valence-corrected chi connectivity index (χ1v) is 14.8. The molecule has 1 fully saturated rings. The summed E-state index contributed by atoms with van der Waals surface area (Å²) in [5, 5.41) is 1.46. The largest absolute Gasteiger partial charge is 0.347 e. The maximum absolute atomic E-state index is 13.8. The smallest absolute Gasteiger partial charge is 0.263 e. The van der Waals surface area contributed by atoms with Crippen LogP contribution in [0.3, 0.4) is 0 Å². The van der Waals surface area contributed by atoms with Crippen molar-refractivity contribution >= 4 is 44.8 Å². The summed E-state index contributed by atoms with van der Waals surface area (Å²) < 4.78 is 1.92. The van der Waals surface area contributed by atoms with Gasteiger partial charge in [-0.15, -0.1) is 11.3 Å².